The lowest BCUT2D eigenvalue weighted by molar-refractivity contribution is -0.113. The molecule has 2 heterocycles. The van der Waals surface area contributed by atoms with E-state index in [9.17, 15) is 4.79 Å². The molecule has 0 radical (unpaired) electrons. The number of benzene rings is 2. The van der Waals surface area contributed by atoms with Crippen LogP contribution in [0.25, 0.3) is 22.4 Å². The number of nitrogens with two attached hydrogens (primary N) is 1. The van der Waals surface area contributed by atoms with Gasteiger partial charge in [0, 0.05) is 16.6 Å². The summed E-state index contributed by atoms with van der Waals surface area (Å²) in [6.45, 7) is 1.95. The number of nitrogens with one attached hydrogen (secondary N) is 2. The number of aromatic amines is 1. The van der Waals surface area contributed by atoms with E-state index >= 15 is 0 Å². The van der Waals surface area contributed by atoms with Gasteiger partial charge in [0.05, 0.1) is 11.4 Å². The Hall–Kier alpha value is -3.26. The number of fused-ring (bicyclic) bond motifs is 1. The third-order valence-corrected chi connectivity index (χ3v) is 5.13. The highest BCUT2D eigenvalue weighted by molar-refractivity contribution is 7.99. The molecule has 27 heavy (non-hydrogen) atoms. The number of carbonyl (C=O) groups excluding carboxylic acids is 1. The van der Waals surface area contributed by atoms with Crippen LogP contribution in [0.15, 0.2) is 59.8 Å². The highest BCUT2D eigenvalue weighted by Gasteiger charge is 2.15. The number of rotatable bonds is 5. The molecule has 0 unspecified atom stereocenters. The van der Waals surface area contributed by atoms with Crippen LogP contribution >= 0.6 is 11.8 Å². The first kappa shape index (κ1) is 17.2. The van der Waals surface area contributed by atoms with Crippen molar-refractivity contribution in [3.8, 4) is 11.5 Å². The van der Waals surface area contributed by atoms with E-state index in [-0.39, 0.29) is 11.7 Å². The molecule has 4 N–H and O–H groups in total. The number of amides is 1. The lowest BCUT2D eigenvalue weighted by atomic mass is 10.2. The zero-order valence-corrected chi connectivity index (χ0v) is 15.5. The summed E-state index contributed by atoms with van der Waals surface area (Å²) in [4.78, 5) is 15.5. The minimum absolute atomic E-state index is 0.121. The number of nitrogen functional groups attached to an aromatic ring is 1. The summed E-state index contributed by atoms with van der Waals surface area (Å²) in [5.41, 5.74) is 3.60. The minimum Gasteiger partial charge on any atom is -0.352 e. The fourth-order valence-corrected chi connectivity index (χ4v) is 3.44. The van der Waals surface area contributed by atoms with Crippen LogP contribution < -0.4 is 11.2 Å². The Morgan fingerprint density at radius 2 is 1.96 bits per heavy atom. The molecule has 0 fully saturated rings. The molecule has 0 aliphatic carbocycles. The first-order valence-electron chi connectivity index (χ1n) is 8.39. The summed E-state index contributed by atoms with van der Waals surface area (Å²) in [7, 11) is 0. The summed E-state index contributed by atoms with van der Waals surface area (Å²) in [5.74, 6) is 6.73. The van der Waals surface area contributed by atoms with Crippen LogP contribution in [0.3, 0.4) is 0 Å². The lowest BCUT2D eigenvalue weighted by Gasteiger charge is -2.07. The van der Waals surface area contributed by atoms with Gasteiger partial charge in [0.1, 0.15) is 0 Å². The normalized spacial score (nSPS) is 11.0. The Morgan fingerprint density at radius 3 is 2.78 bits per heavy atom. The fourth-order valence-electron chi connectivity index (χ4n) is 2.78. The molecule has 7 nitrogen and oxygen atoms in total. The van der Waals surface area contributed by atoms with Crippen molar-refractivity contribution in [3.05, 3.63) is 60.2 Å². The van der Waals surface area contributed by atoms with Gasteiger partial charge < -0.3 is 16.1 Å². The Bertz CT molecular complexity index is 1080. The van der Waals surface area contributed by atoms with E-state index in [0.29, 0.717) is 11.0 Å². The number of hydrogen-bond donors (Lipinski definition) is 3. The molecule has 0 bridgehead atoms. The van der Waals surface area contributed by atoms with Gasteiger partial charge in [-0.05, 0) is 30.7 Å². The predicted molar refractivity (Wildman–Crippen MR) is 108 cm³/mol. The van der Waals surface area contributed by atoms with E-state index in [4.69, 9.17) is 5.84 Å². The Kier molecular flexibility index (Phi) is 4.55. The summed E-state index contributed by atoms with van der Waals surface area (Å²) < 4.78 is 1.40. The second kappa shape index (κ2) is 7.16. The number of thioether (sulfide) groups is 1. The molecule has 4 rings (SSSR count). The molecule has 8 heteroatoms. The number of hydrogen-bond acceptors (Lipinski definition) is 5. The van der Waals surface area contributed by atoms with Crippen molar-refractivity contribution >= 4 is 34.3 Å². The van der Waals surface area contributed by atoms with Crippen LogP contribution in [0.1, 0.15) is 5.56 Å². The van der Waals surface area contributed by atoms with Crippen molar-refractivity contribution in [2.75, 3.05) is 16.9 Å². The van der Waals surface area contributed by atoms with Crippen LogP contribution in [0.2, 0.25) is 0 Å². The molecule has 2 aromatic heterocycles. The van der Waals surface area contributed by atoms with Crippen LogP contribution in [0.5, 0.6) is 0 Å². The van der Waals surface area contributed by atoms with Gasteiger partial charge in [0.25, 0.3) is 0 Å². The Morgan fingerprint density at radius 1 is 1.19 bits per heavy atom. The topological polar surface area (TPSA) is 102 Å². The fraction of sp³-hybridized carbons (Fsp3) is 0.105. The van der Waals surface area contributed by atoms with E-state index in [1.807, 2.05) is 61.5 Å². The van der Waals surface area contributed by atoms with Crippen molar-refractivity contribution in [1.82, 2.24) is 19.9 Å². The Balaban J connectivity index is 1.46. The van der Waals surface area contributed by atoms with Gasteiger partial charge in [0.15, 0.2) is 5.82 Å². The smallest absolute Gasteiger partial charge is 0.234 e. The number of para-hydroxylation sites is 2. The van der Waals surface area contributed by atoms with Gasteiger partial charge in [0.2, 0.25) is 11.1 Å². The standard InChI is InChI=1S/C19H18N6OS/c1-12-6-2-4-8-14(12)22-17(26)11-27-19-24-23-18(25(19)20)16-10-13-7-3-5-9-15(13)21-16/h2-10,21H,11,20H2,1H3,(H,22,26). The van der Waals surface area contributed by atoms with Crippen molar-refractivity contribution < 1.29 is 4.79 Å². The molecular weight excluding hydrogens is 360 g/mol. The first-order chi connectivity index (χ1) is 13.1. The molecule has 136 valence electrons. The maximum absolute atomic E-state index is 12.2. The molecular formula is C19H18N6OS. The van der Waals surface area contributed by atoms with E-state index in [2.05, 4.69) is 20.5 Å². The van der Waals surface area contributed by atoms with Gasteiger partial charge in [-0.2, -0.15) is 0 Å². The number of carbonyl (C=O) groups is 1. The highest BCUT2D eigenvalue weighted by Crippen LogP contribution is 2.25. The van der Waals surface area contributed by atoms with E-state index in [1.165, 1.54) is 16.4 Å². The summed E-state index contributed by atoms with van der Waals surface area (Å²) in [6, 6.07) is 17.6. The lowest BCUT2D eigenvalue weighted by Crippen LogP contribution is -2.17. The zero-order valence-electron chi connectivity index (χ0n) is 14.6. The van der Waals surface area contributed by atoms with Crippen molar-refractivity contribution in [3.63, 3.8) is 0 Å². The second-order valence-corrected chi connectivity index (χ2v) is 7.04. The van der Waals surface area contributed by atoms with Gasteiger partial charge in [-0.3, -0.25) is 4.79 Å². The average Bonchev–Trinajstić information content (AvgIpc) is 3.25. The highest BCUT2D eigenvalue weighted by atomic mass is 32.2. The molecule has 0 saturated carbocycles. The number of aromatic nitrogens is 4. The quantitative estimate of drug-likeness (QED) is 0.366. The van der Waals surface area contributed by atoms with Crippen LogP contribution in [-0.2, 0) is 4.79 Å². The zero-order chi connectivity index (χ0) is 18.8. The third-order valence-electron chi connectivity index (χ3n) is 4.19. The van der Waals surface area contributed by atoms with E-state index in [0.717, 1.165) is 27.8 Å². The SMILES string of the molecule is Cc1ccccc1NC(=O)CSc1nnc(-c2cc3ccccc3[nH]2)n1N. The summed E-state index contributed by atoms with van der Waals surface area (Å²) >= 11 is 1.24. The van der Waals surface area contributed by atoms with Crippen molar-refractivity contribution in [1.29, 1.82) is 0 Å². The van der Waals surface area contributed by atoms with Gasteiger partial charge in [-0.25, -0.2) is 4.68 Å². The number of H-pyrrole nitrogens is 1. The van der Waals surface area contributed by atoms with E-state index < -0.39 is 0 Å². The average molecular weight is 378 g/mol. The second-order valence-electron chi connectivity index (χ2n) is 6.10. The monoisotopic (exact) mass is 378 g/mol. The third kappa shape index (κ3) is 3.52. The molecule has 0 aliphatic heterocycles. The van der Waals surface area contributed by atoms with Crippen LogP contribution in [-0.4, -0.2) is 31.5 Å². The predicted octanol–water partition coefficient (Wildman–Crippen LogP) is 3.18. The summed E-state index contributed by atoms with van der Waals surface area (Å²) in [6.07, 6.45) is 0. The van der Waals surface area contributed by atoms with E-state index in [1.54, 1.807) is 0 Å². The molecule has 2 aromatic carbocycles. The van der Waals surface area contributed by atoms with Crippen LogP contribution in [0, 0.1) is 6.92 Å². The minimum atomic E-state index is -0.121. The molecule has 0 aliphatic rings. The van der Waals surface area contributed by atoms with Crippen molar-refractivity contribution in [2.24, 2.45) is 0 Å². The maximum Gasteiger partial charge on any atom is 0.234 e. The van der Waals surface area contributed by atoms with Gasteiger partial charge in [-0.15, -0.1) is 10.2 Å². The number of anilines is 1. The Labute approximate surface area is 160 Å². The molecule has 4 aromatic rings. The summed E-state index contributed by atoms with van der Waals surface area (Å²) in [5, 5.41) is 12.7. The van der Waals surface area contributed by atoms with Crippen LogP contribution in [0.4, 0.5) is 5.69 Å². The number of nitrogens with zero attached hydrogens (tertiary/aromatic N) is 3. The van der Waals surface area contributed by atoms with Gasteiger partial charge >= 0.3 is 0 Å². The molecule has 0 spiro atoms. The molecule has 0 saturated heterocycles. The molecule has 1 amide bonds. The number of aryl methyl sites for hydroxylation is 1. The maximum atomic E-state index is 12.2. The largest absolute Gasteiger partial charge is 0.352 e. The molecule has 0 atom stereocenters. The first-order valence-corrected chi connectivity index (χ1v) is 9.37. The van der Waals surface area contributed by atoms with Crippen molar-refractivity contribution in [2.45, 2.75) is 12.1 Å². The van der Waals surface area contributed by atoms with Gasteiger partial charge in [-0.1, -0.05) is 48.2 Å².